The van der Waals surface area contributed by atoms with Crippen molar-refractivity contribution in [3.63, 3.8) is 0 Å². The SMILES string of the molecule is C=CCn1nc(C(=O)N2CCOCC2)c2c1CC[C@H](N(CC)CCN(CC)CC)C2. The van der Waals surface area contributed by atoms with E-state index < -0.39 is 0 Å². The number of carbonyl (C=O) groups excluding carboxylic acids is 1. The molecule has 2 heterocycles. The van der Waals surface area contributed by atoms with Crippen LogP contribution >= 0.6 is 0 Å². The number of rotatable bonds is 10. The summed E-state index contributed by atoms with van der Waals surface area (Å²) in [5.41, 5.74) is 3.03. The number of hydrogen-bond acceptors (Lipinski definition) is 5. The average molecular weight is 418 g/mol. The van der Waals surface area contributed by atoms with Gasteiger partial charge in [0.1, 0.15) is 0 Å². The first-order chi connectivity index (χ1) is 14.6. The smallest absolute Gasteiger partial charge is 0.274 e. The van der Waals surface area contributed by atoms with Crippen LogP contribution in [0.1, 0.15) is 48.9 Å². The highest BCUT2D eigenvalue weighted by Crippen LogP contribution is 2.28. The number of amides is 1. The number of likely N-dealkylation sites (N-methyl/N-ethyl adjacent to an activating group) is 2. The largest absolute Gasteiger partial charge is 0.378 e. The monoisotopic (exact) mass is 417 g/mol. The lowest BCUT2D eigenvalue weighted by Gasteiger charge is -2.35. The molecule has 1 fully saturated rings. The standard InChI is InChI=1S/C23H39N5O2/c1-5-11-28-21-10-9-19(26(8-4)13-12-25(6-2)7-3)18-20(21)22(24-28)23(29)27-14-16-30-17-15-27/h5,19H,1,6-18H2,2-4H3/t19-/m0/s1. The molecule has 0 N–H and O–H groups in total. The Morgan fingerprint density at radius 3 is 2.57 bits per heavy atom. The van der Waals surface area contributed by atoms with Gasteiger partial charge >= 0.3 is 0 Å². The van der Waals surface area contributed by atoms with Gasteiger partial charge in [0.25, 0.3) is 5.91 Å². The van der Waals surface area contributed by atoms with Gasteiger partial charge in [-0.15, -0.1) is 6.58 Å². The second kappa shape index (κ2) is 11.1. The molecule has 1 aliphatic heterocycles. The van der Waals surface area contributed by atoms with Crippen molar-refractivity contribution in [1.82, 2.24) is 24.5 Å². The molecule has 0 radical (unpaired) electrons. The third-order valence-electron chi connectivity index (χ3n) is 6.64. The number of morpholine rings is 1. The molecule has 0 unspecified atom stereocenters. The van der Waals surface area contributed by atoms with Gasteiger partial charge < -0.3 is 14.5 Å². The van der Waals surface area contributed by atoms with Gasteiger partial charge in [-0.05, 0) is 38.9 Å². The van der Waals surface area contributed by atoms with Gasteiger partial charge in [-0.2, -0.15) is 5.10 Å². The van der Waals surface area contributed by atoms with E-state index in [9.17, 15) is 4.79 Å². The van der Waals surface area contributed by atoms with E-state index in [0.29, 0.717) is 44.6 Å². The molecule has 2 aliphatic rings. The zero-order valence-corrected chi connectivity index (χ0v) is 19.1. The Labute approximate surface area is 181 Å². The highest BCUT2D eigenvalue weighted by molar-refractivity contribution is 5.94. The van der Waals surface area contributed by atoms with E-state index in [-0.39, 0.29) is 5.91 Å². The fourth-order valence-corrected chi connectivity index (χ4v) is 4.75. The molecule has 0 aromatic carbocycles. The van der Waals surface area contributed by atoms with Gasteiger partial charge in [0, 0.05) is 43.5 Å². The van der Waals surface area contributed by atoms with Crippen LogP contribution in [0.2, 0.25) is 0 Å². The number of aromatic nitrogens is 2. The summed E-state index contributed by atoms with van der Waals surface area (Å²) in [6, 6.07) is 0.468. The van der Waals surface area contributed by atoms with E-state index in [4.69, 9.17) is 9.84 Å². The first-order valence-electron chi connectivity index (χ1n) is 11.7. The lowest BCUT2D eigenvalue weighted by Crippen LogP contribution is -2.44. The molecule has 1 saturated heterocycles. The Bertz CT molecular complexity index is 707. The summed E-state index contributed by atoms with van der Waals surface area (Å²) in [5.74, 6) is 0.0594. The number of fused-ring (bicyclic) bond motifs is 1. The van der Waals surface area contributed by atoms with E-state index in [2.05, 4.69) is 37.1 Å². The first kappa shape index (κ1) is 23.0. The molecular weight excluding hydrogens is 378 g/mol. The zero-order valence-electron chi connectivity index (χ0n) is 19.1. The summed E-state index contributed by atoms with van der Waals surface area (Å²) in [6.07, 6.45) is 4.86. The van der Waals surface area contributed by atoms with Crippen LogP contribution in [-0.4, -0.2) is 95.5 Å². The van der Waals surface area contributed by atoms with Crippen LogP contribution in [0.4, 0.5) is 0 Å². The normalized spacial score (nSPS) is 19.4. The molecule has 1 amide bonds. The molecule has 1 aromatic heterocycles. The van der Waals surface area contributed by atoms with Gasteiger partial charge in [0.15, 0.2) is 5.69 Å². The molecule has 1 atom stereocenters. The van der Waals surface area contributed by atoms with Crippen LogP contribution in [0.3, 0.4) is 0 Å². The van der Waals surface area contributed by atoms with Crippen molar-refractivity contribution in [3.05, 3.63) is 29.6 Å². The zero-order chi connectivity index (χ0) is 21.5. The topological polar surface area (TPSA) is 53.8 Å². The van der Waals surface area contributed by atoms with Crippen LogP contribution in [-0.2, 0) is 24.1 Å². The lowest BCUT2D eigenvalue weighted by atomic mass is 9.90. The second-order valence-corrected chi connectivity index (χ2v) is 8.20. The minimum absolute atomic E-state index is 0.0594. The maximum Gasteiger partial charge on any atom is 0.274 e. The van der Waals surface area contributed by atoms with Gasteiger partial charge in [0.05, 0.1) is 19.8 Å². The van der Waals surface area contributed by atoms with Crippen LogP contribution < -0.4 is 0 Å². The highest BCUT2D eigenvalue weighted by Gasteiger charge is 2.33. The lowest BCUT2D eigenvalue weighted by molar-refractivity contribution is 0.0297. The molecular formula is C23H39N5O2. The Morgan fingerprint density at radius 1 is 1.20 bits per heavy atom. The molecule has 0 saturated carbocycles. The van der Waals surface area contributed by atoms with Gasteiger partial charge in [-0.1, -0.05) is 26.8 Å². The van der Waals surface area contributed by atoms with Crippen molar-refractivity contribution < 1.29 is 9.53 Å². The summed E-state index contributed by atoms with van der Waals surface area (Å²) in [6.45, 7) is 19.1. The average Bonchev–Trinajstić information content (AvgIpc) is 3.15. The molecule has 7 nitrogen and oxygen atoms in total. The van der Waals surface area contributed by atoms with Gasteiger partial charge in [-0.25, -0.2) is 0 Å². The first-order valence-corrected chi connectivity index (χ1v) is 11.7. The van der Waals surface area contributed by atoms with Crippen LogP contribution in [0.15, 0.2) is 12.7 Å². The molecule has 0 bridgehead atoms. The Balaban J connectivity index is 1.79. The minimum Gasteiger partial charge on any atom is -0.378 e. The molecule has 30 heavy (non-hydrogen) atoms. The van der Waals surface area contributed by atoms with Crippen molar-refractivity contribution in [3.8, 4) is 0 Å². The third-order valence-corrected chi connectivity index (χ3v) is 6.64. The predicted molar refractivity (Wildman–Crippen MR) is 120 cm³/mol. The number of nitrogens with zero attached hydrogens (tertiary/aromatic N) is 5. The number of ether oxygens (including phenoxy) is 1. The van der Waals surface area contributed by atoms with Crippen molar-refractivity contribution in [1.29, 1.82) is 0 Å². The van der Waals surface area contributed by atoms with E-state index in [1.807, 2.05) is 15.7 Å². The van der Waals surface area contributed by atoms with E-state index >= 15 is 0 Å². The predicted octanol–water partition coefficient (Wildman–Crippen LogP) is 2.06. The van der Waals surface area contributed by atoms with Crippen LogP contribution in [0, 0.1) is 0 Å². The highest BCUT2D eigenvalue weighted by atomic mass is 16.5. The molecule has 168 valence electrons. The molecule has 0 spiro atoms. The van der Waals surface area contributed by atoms with Crippen LogP contribution in [0.25, 0.3) is 0 Å². The van der Waals surface area contributed by atoms with Crippen molar-refractivity contribution >= 4 is 5.91 Å². The molecule has 7 heteroatoms. The molecule has 3 rings (SSSR count). The summed E-state index contributed by atoms with van der Waals surface area (Å²) in [5, 5.41) is 4.76. The van der Waals surface area contributed by atoms with Crippen molar-refractivity contribution in [2.75, 3.05) is 59.0 Å². The minimum atomic E-state index is 0.0594. The number of hydrogen-bond donors (Lipinski definition) is 0. The maximum absolute atomic E-state index is 13.3. The maximum atomic E-state index is 13.3. The Morgan fingerprint density at radius 2 is 1.93 bits per heavy atom. The quantitative estimate of drug-likeness (QED) is 0.546. The third kappa shape index (κ3) is 5.13. The van der Waals surface area contributed by atoms with Gasteiger partial charge in [0.2, 0.25) is 0 Å². The van der Waals surface area contributed by atoms with E-state index in [0.717, 1.165) is 57.5 Å². The fourth-order valence-electron chi connectivity index (χ4n) is 4.75. The Hall–Kier alpha value is -1.70. The summed E-state index contributed by atoms with van der Waals surface area (Å²) >= 11 is 0. The van der Waals surface area contributed by atoms with Crippen molar-refractivity contribution in [2.24, 2.45) is 0 Å². The second-order valence-electron chi connectivity index (χ2n) is 8.20. The van der Waals surface area contributed by atoms with Crippen molar-refractivity contribution in [2.45, 2.75) is 52.6 Å². The molecule has 1 aromatic rings. The van der Waals surface area contributed by atoms with E-state index in [1.54, 1.807) is 0 Å². The van der Waals surface area contributed by atoms with Gasteiger partial charge in [-0.3, -0.25) is 14.4 Å². The van der Waals surface area contributed by atoms with Crippen LogP contribution in [0.5, 0.6) is 0 Å². The Kier molecular flexibility index (Phi) is 8.48. The van der Waals surface area contributed by atoms with E-state index in [1.165, 1.54) is 5.69 Å². The summed E-state index contributed by atoms with van der Waals surface area (Å²) < 4.78 is 7.42. The number of carbonyl (C=O) groups is 1. The number of allylic oxidation sites excluding steroid dienone is 1. The summed E-state index contributed by atoms with van der Waals surface area (Å²) in [4.78, 5) is 20.2. The fraction of sp³-hybridized carbons (Fsp3) is 0.739. The summed E-state index contributed by atoms with van der Waals surface area (Å²) in [7, 11) is 0. The molecule has 1 aliphatic carbocycles.